The molecule has 0 amide bonds. The predicted octanol–water partition coefficient (Wildman–Crippen LogP) is 5.17. The summed E-state index contributed by atoms with van der Waals surface area (Å²) in [6, 6.07) is 2.21. The van der Waals surface area contributed by atoms with Crippen LogP contribution in [0.1, 0.15) is 71.6 Å². The molecule has 2 saturated carbocycles. The van der Waals surface area contributed by atoms with Crippen LogP contribution in [-0.2, 0) is 4.74 Å². The molecule has 0 bridgehead atoms. The average molecular weight is 358 g/mol. The lowest BCUT2D eigenvalue weighted by Gasteiger charge is -2.57. The summed E-state index contributed by atoms with van der Waals surface area (Å²) >= 11 is 0. The van der Waals surface area contributed by atoms with Crippen molar-refractivity contribution in [3.05, 3.63) is 23.3 Å². The van der Waals surface area contributed by atoms with Gasteiger partial charge in [-0.2, -0.15) is 5.26 Å². The van der Waals surface area contributed by atoms with Gasteiger partial charge in [0, 0.05) is 13.2 Å². The summed E-state index contributed by atoms with van der Waals surface area (Å²) in [5.41, 5.74) is 2.97. The maximum absolute atomic E-state index is 10.1. The van der Waals surface area contributed by atoms with Gasteiger partial charge in [0.1, 0.15) is 0 Å². The van der Waals surface area contributed by atoms with E-state index in [0.29, 0.717) is 17.9 Å². The van der Waals surface area contributed by atoms with E-state index in [0.717, 1.165) is 44.4 Å². The van der Waals surface area contributed by atoms with E-state index in [9.17, 15) is 5.11 Å². The van der Waals surface area contributed by atoms with Crippen molar-refractivity contribution < 1.29 is 9.84 Å². The second kappa shape index (κ2) is 8.28. The number of nitriles is 1. The van der Waals surface area contributed by atoms with Gasteiger partial charge in [-0.15, -0.1) is 0 Å². The molecular weight excluding hydrogens is 322 g/mol. The summed E-state index contributed by atoms with van der Waals surface area (Å²) in [6.07, 6.45) is 14.0. The van der Waals surface area contributed by atoms with Crippen LogP contribution in [0.25, 0.3) is 0 Å². The normalized spacial score (nSPS) is 40.2. The monoisotopic (exact) mass is 357 g/mol. The minimum Gasteiger partial charge on any atom is -0.389 e. The molecule has 2 fully saturated rings. The van der Waals surface area contributed by atoms with Crippen LogP contribution in [0.3, 0.4) is 0 Å². The van der Waals surface area contributed by atoms with E-state index in [2.05, 4.69) is 26.0 Å². The van der Waals surface area contributed by atoms with Crippen molar-refractivity contribution in [1.82, 2.24) is 0 Å². The van der Waals surface area contributed by atoms with E-state index in [1.54, 1.807) is 6.08 Å². The fraction of sp³-hybridized carbons (Fsp3) is 0.783. The van der Waals surface area contributed by atoms with Gasteiger partial charge in [-0.3, -0.25) is 0 Å². The molecule has 0 aromatic heterocycles. The molecule has 0 aromatic rings. The van der Waals surface area contributed by atoms with Gasteiger partial charge in [0.2, 0.25) is 0 Å². The van der Waals surface area contributed by atoms with E-state index in [4.69, 9.17) is 10.00 Å². The van der Waals surface area contributed by atoms with E-state index >= 15 is 0 Å². The highest BCUT2D eigenvalue weighted by molar-refractivity contribution is 5.25. The van der Waals surface area contributed by atoms with Crippen LogP contribution in [0.4, 0.5) is 0 Å². The molecule has 1 N–H and O–H groups in total. The van der Waals surface area contributed by atoms with Gasteiger partial charge in [0.25, 0.3) is 0 Å². The molecule has 0 radical (unpaired) electrons. The lowest BCUT2D eigenvalue weighted by Crippen LogP contribution is -2.52. The summed E-state index contributed by atoms with van der Waals surface area (Å²) in [4.78, 5) is 0. The molecule has 3 aliphatic rings. The SMILES string of the molecule is CCC(=CC#N)CCC1CCC(OC)C2C1CCC1=CC(O)CCC12C. The van der Waals surface area contributed by atoms with Gasteiger partial charge in [-0.1, -0.05) is 31.1 Å². The second-order valence-electron chi connectivity index (χ2n) is 8.88. The third kappa shape index (κ3) is 3.64. The van der Waals surface area contributed by atoms with Crippen LogP contribution < -0.4 is 0 Å². The number of aliphatic hydroxyl groups is 1. The number of hydrogen-bond acceptors (Lipinski definition) is 3. The number of methoxy groups -OCH3 is 1. The number of aliphatic hydroxyl groups excluding tert-OH is 1. The number of hydrogen-bond donors (Lipinski definition) is 1. The first kappa shape index (κ1) is 19.6. The number of fused-ring (bicyclic) bond motifs is 3. The molecule has 3 nitrogen and oxygen atoms in total. The summed E-state index contributed by atoms with van der Waals surface area (Å²) < 4.78 is 5.99. The first-order valence-electron chi connectivity index (χ1n) is 10.5. The molecule has 26 heavy (non-hydrogen) atoms. The Hall–Kier alpha value is -1.11. The molecular formula is C23H35NO2. The Balaban J connectivity index is 1.80. The van der Waals surface area contributed by atoms with Crippen molar-refractivity contribution in [3.63, 3.8) is 0 Å². The molecule has 0 aromatic carbocycles. The Morgan fingerprint density at radius 3 is 2.88 bits per heavy atom. The van der Waals surface area contributed by atoms with E-state index in [-0.39, 0.29) is 11.5 Å². The number of rotatable bonds is 5. The summed E-state index contributed by atoms with van der Waals surface area (Å²) in [5.74, 6) is 2.03. The summed E-state index contributed by atoms with van der Waals surface area (Å²) in [7, 11) is 1.88. The molecule has 0 aliphatic heterocycles. The van der Waals surface area contributed by atoms with Crippen molar-refractivity contribution in [2.24, 2.45) is 23.2 Å². The highest BCUT2D eigenvalue weighted by Crippen LogP contribution is 2.59. The van der Waals surface area contributed by atoms with Crippen LogP contribution in [0.5, 0.6) is 0 Å². The van der Waals surface area contributed by atoms with Crippen LogP contribution >= 0.6 is 0 Å². The summed E-state index contributed by atoms with van der Waals surface area (Å²) in [5, 5.41) is 19.1. The van der Waals surface area contributed by atoms with Gasteiger partial charge in [0.05, 0.1) is 18.3 Å². The fourth-order valence-electron chi connectivity index (χ4n) is 6.26. The van der Waals surface area contributed by atoms with Gasteiger partial charge in [-0.25, -0.2) is 0 Å². The van der Waals surface area contributed by atoms with Crippen LogP contribution in [0, 0.1) is 34.5 Å². The summed E-state index contributed by atoms with van der Waals surface area (Å²) in [6.45, 7) is 4.59. The lowest BCUT2D eigenvalue weighted by molar-refractivity contribution is -0.0964. The smallest absolute Gasteiger partial charge is 0.0911 e. The first-order valence-corrected chi connectivity index (χ1v) is 10.5. The van der Waals surface area contributed by atoms with E-state index in [1.807, 2.05) is 7.11 Å². The molecule has 0 heterocycles. The number of ether oxygens (including phenoxy) is 1. The zero-order valence-electron chi connectivity index (χ0n) is 16.7. The Labute approximate surface area is 159 Å². The largest absolute Gasteiger partial charge is 0.389 e. The fourth-order valence-corrected chi connectivity index (χ4v) is 6.26. The Bertz CT molecular complexity index is 602. The lowest BCUT2D eigenvalue weighted by atomic mass is 9.50. The van der Waals surface area contributed by atoms with Crippen molar-refractivity contribution in [2.45, 2.75) is 83.8 Å². The minimum atomic E-state index is -0.252. The van der Waals surface area contributed by atoms with E-state index in [1.165, 1.54) is 30.4 Å². The van der Waals surface area contributed by atoms with Gasteiger partial charge < -0.3 is 9.84 Å². The van der Waals surface area contributed by atoms with Gasteiger partial charge in [0.15, 0.2) is 0 Å². The molecule has 3 aliphatic carbocycles. The maximum Gasteiger partial charge on any atom is 0.0911 e. The van der Waals surface area contributed by atoms with Crippen molar-refractivity contribution in [1.29, 1.82) is 5.26 Å². The van der Waals surface area contributed by atoms with E-state index < -0.39 is 0 Å². The molecule has 3 heteroatoms. The third-order valence-corrected chi connectivity index (χ3v) is 7.72. The third-order valence-electron chi connectivity index (χ3n) is 7.72. The van der Waals surface area contributed by atoms with Crippen molar-refractivity contribution in [3.8, 4) is 6.07 Å². The Morgan fingerprint density at radius 2 is 2.19 bits per heavy atom. The highest BCUT2D eigenvalue weighted by Gasteiger charge is 2.53. The van der Waals surface area contributed by atoms with Crippen LogP contribution in [0.2, 0.25) is 0 Å². The molecule has 0 saturated heterocycles. The van der Waals surface area contributed by atoms with Crippen LogP contribution in [-0.4, -0.2) is 24.4 Å². The standard InChI is InChI=1S/C23H35NO2/c1-4-16(12-14-24)5-6-17-7-10-21(26-3)22-20(17)9-8-18-15-19(25)11-13-23(18,22)2/h12,15,17,19-22,25H,4-11,13H2,1-3H3. The maximum atomic E-state index is 10.1. The van der Waals surface area contributed by atoms with Crippen LogP contribution in [0.15, 0.2) is 23.3 Å². The topological polar surface area (TPSA) is 53.2 Å². The molecule has 6 atom stereocenters. The van der Waals surface area contributed by atoms with Crippen molar-refractivity contribution >= 4 is 0 Å². The Kier molecular flexibility index (Phi) is 6.25. The van der Waals surface area contributed by atoms with Crippen molar-refractivity contribution in [2.75, 3.05) is 7.11 Å². The molecule has 6 unspecified atom stereocenters. The predicted molar refractivity (Wildman–Crippen MR) is 104 cm³/mol. The highest BCUT2D eigenvalue weighted by atomic mass is 16.5. The molecule has 3 rings (SSSR count). The number of allylic oxidation sites excluding steroid dienone is 3. The molecule has 0 spiro atoms. The Morgan fingerprint density at radius 1 is 1.38 bits per heavy atom. The van der Waals surface area contributed by atoms with Gasteiger partial charge in [-0.05, 0) is 81.0 Å². The zero-order valence-corrected chi connectivity index (χ0v) is 16.7. The minimum absolute atomic E-state index is 0.192. The van der Waals surface area contributed by atoms with Gasteiger partial charge >= 0.3 is 0 Å². The zero-order chi connectivity index (χ0) is 18.7. The average Bonchev–Trinajstić information content (AvgIpc) is 2.65. The second-order valence-corrected chi connectivity index (χ2v) is 8.88. The molecule has 144 valence electrons. The quantitative estimate of drug-likeness (QED) is 0.546. The first-order chi connectivity index (χ1) is 12.5. The number of nitrogens with zero attached hydrogens (tertiary/aromatic N) is 1.